The number of aliphatic hydroxyl groups excluding tert-OH is 1. The summed E-state index contributed by atoms with van der Waals surface area (Å²) in [6.07, 6.45) is 4.44. The molecule has 0 bridgehead atoms. The molecule has 0 radical (unpaired) electrons. The van der Waals surface area contributed by atoms with E-state index in [1.165, 1.54) is 25.7 Å². The van der Waals surface area contributed by atoms with E-state index in [9.17, 15) is 5.11 Å². The summed E-state index contributed by atoms with van der Waals surface area (Å²) in [7, 11) is 2.09. The van der Waals surface area contributed by atoms with Gasteiger partial charge in [0, 0.05) is 24.3 Å². The van der Waals surface area contributed by atoms with Gasteiger partial charge >= 0.3 is 0 Å². The van der Waals surface area contributed by atoms with Gasteiger partial charge in [-0.2, -0.15) is 5.26 Å². The molecule has 2 unspecified atom stereocenters. The number of benzene rings is 1. The maximum atomic E-state index is 9.96. The number of nitriles is 1. The Balaban J connectivity index is 2.31. The van der Waals surface area contributed by atoms with Crippen LogP contribution in [0.1, 0.15) is 56.8 Å². The second kappa shape index (κ2) is 6.28. The first-order chi connectivity index (χ1) is 9.52. The van der Waals surface area contributed by atoms with Gasteiger partial charge in [0.15, 0.2) is 0 Å². The van der Waals surface area contributed by atoms with Gasteiger partial charge < -0.3 is 10.0 Å². The molecule has 0 heterocycles. The van der Waals surface area contributed by atoms with Crippen LogP contribution in [0.25, 0.3) is 0 Å². The zero-order valence-electron chi connectivity index (χ0n) is 12.6. The normalized spacial score (nSPS) is 23.9. The summed E-state index contributed by atoms with van der Waals surface area (Å²) in [4.78, 5) is 2.26. The fourth-order valence-corrected chi connectivity index (χ4v) is 3.22. The largest absolute Gasteiger partial charge is 0.389 e. The molecule has 1 aromatic carbocycles. The first-order valence-electron chi connectivity index (χ1n) is 7.48. The summed E-state index contributed by atoms with van der Waals surface area (Å²) in [6.45, 7) is 4.09. The van der Waals surface area contributed by atoms with Crippen LogP contribution in [-0.2, 0) is 0 Å². The molecule has 0 saturated heterocycles. The number of hydrogen-bond acceptors (Lipinski definition) is 3. The molecular formula is C17H24N2O. The Morgan fingerprint density at radius 1 is 1.40 bits per heavy atom. The van der Waals surface area contributed by atoms with E-state index in [0.717, 1.165) is 17.2 Å². The molecule has 0 aromatic heterocycles. The van der Waals surface area contributed by atoms with Gasteiger partial charge in [-0.1, -0.05) is 25.8 Å². The van der Waals surface area contributed by atoms with Crippen molar-refractivity contribution in [3.05, 3.63) is 29.3 Å². The zero-order valence-corrected chi connectivity index (χ0v) is 12.6. The van der Waals surface area contributed by atoms with Crippen molar-refractivity contribution < 1.29 is 5.11 Å². The highest BCUT2D eigenvalue weighted by atomic mass is 16.3. The predicted molar refractivity (Wildman–Crippen MR) is 81.6 cm³/mol. The molecule has 3 nitrogen and oxygen atoms in total. The Hall–Kier alpha value is -1.53. The monoisotopic (exact) mass is 272 g/mol. The molecule has 1 aliphatic carbocycles. The van der Waals surface area contributed by atoms with Crippen LogP contribution in [0.15, 0.2) is 18.2 Å². The van der Waals surface area contributed by atoms with Gasteiger partial charge in [0.1, 0.15) is 0 Å². The zero-order chi connectivity index (χ0) is 14.7. The van der Waals surface area contributed by atoms with E-state index >= 15 is 0 Å². The molecular weight excluding hydrogens is 248 g/mol. The number of aliphatic hydroxyl groups is 1. The van der Waals surface area contributed by atoms with Crippen LogP contribution < -0.4 is 4.90 Å². The van der Waals surface area contributed by atoms with Crippen LogP contribution in [0, 0.1) is 17.2 Å². The lowest BCUT2D eigenvalue weighted by Crippen LogP contribution is -2.36. The smallest absolute Gasteiger partial charge is 0.0992 e. The first-order valence-corrected chi connectivity index (χ1v) is 7.48. The molecule has 3 heteroatoms. The highest BCUT2D eigenvalue weighted by Gasteiger charge is 2.24. The quantitative estimate of drug-likeness (QED) is 0.914. The van der Waals surface area contributed by atoms with E-state index in [2.05, 4.69) is 24.9 Å². The van der Waals surface area contributed by atoms with Gasteiger partial charge in [-0.3, -0.25) is 0 Å². The molecule has 1 aliphatic rings. The summed E-state index contributed by atoms with van der Waals surface area (Å²) in [6, 6.07) is 8.26. The molecule has 0 amide bonds. The summed E-state index contributed by atoms with van der Waals surface area (Å²) < 4.78 is 0. The summed E-state index contributed by atoms with van der Waals surface area (Å²) in [5, 5.41) is 19.1. The van der Waals surface area contributed by atoms with Gasteiger partial charge in [-0.15, -0.1) is 0 Å². The molecule has 1 N–H and O–H groups in total. The first kappa shape index (κ1) is 14.9. The van der Waals surface area contributed by atoms with Crippen molar-refractivity contribution in [2.24, 2.45) is 5.92 Å². The van der Waals surface area contributed by atoms with E-state index in [-0.39, 0.29) is 0 Å². The Kier molecular flexibility index (Phi) is 4.67. The Morgan fingerprint density at radius 2 is 2.15 bits per heavy atom. The van der Waals surface area contributed by atoms with Gasteiger partial charge in [-0.05, 0) is 37.8 Å². The van der Waals surface area contributed by atoms with E-state index in [4.69, 9.17) is 5.26 Å². The third-order valence-corrected chi connectivity index (χ3v) is 4.45. The average Bonchev–Trinajstić information content (AvgIpc) is 2.45. The standard InChI is InChI=1S/C17H24N2O/c1-12-5-4-6-15(9-12)19(3)17-10-14(11-18)7-8-16(17)13(2)20/h7-8,10,12-13,15,20H,4-6,9H2,1-3H3/t12?,13-,15?/m0/s1. The van der Waals surface area contributed by atoms with Crippen molar-refractivity contribution in [1.82, 2.24) is 0 Å². The van der Waals surface area contributed by atoms with Crippen molar-refractivity contribution in [3.8, 4) is 6.07 Å². The topological polar surface area (TPSA) is 47.3 Å². The van der Waals surface area contributed by atoms with Crippen LogP contribution in [0.4, 0.5) is 5.69 Å². The highest BCUT2D eigenvalue weighted by molar-refractivity contribution is 5.58. The fraction of sp³-hybridized carbons (Fsp3) is 0.588. The maximum Gasteiger partial charge on any atom is 0.0992 e. The van der Waals surface area contributed by atoms with Crippen LogP contribution in [0.3, 0.4) is 0 Å². The highest BCUT2D eigenvalue weighted by Crippen LogP contribution is 2.33. The van der Waals surface area contributed by atoms with Gasteiger partial charge in [-0.25, -0.2) is 0 Å². The van der Waals surface area contributed by atoms with Crippen molar-refractivity contribution >= 4 is 5.69 Å². The predicted octanol–water partition coefficient (Wildman–Crippen LogP) is 3.63. The molecule has 1 aromatic rings. The van der Waals surface area contributed by atoms with Crippen molar-refractivity contribution in [3.63, 3.8) is 0 Å². The van der Waals surface area contributed by atoms with Crippen LogP contribution >= 0.6 is 0 Å². The minimum absolute atomic E-state index is 0.505. The lowest BCUT2D eigenvalue weighted by atomic mass is 9.86. The number of rotatable bonds is 3. The van der Waals surface area contributed by atoms with E-state index in [0.29, 0.717) is 11.6 Å². The van der Waals surface area contributed by atoms with Crippen molar-refractivity contribution in [2.45, 2.75) is 51.7 Å². The minimum Gasteiger partial charge on any atom is -0.389 e. The Labute approximate surface area is 121 Å². The molecule has 1 saturated carbocycles. The van der Waals surface area contributed by atoms with E-state index in [1.54, 1.807) is 13.0 Å². The lowest BCUT2D eigenvalue weighted by Gasteiger charge is -2.37. The van der Waals surface area contributed by atoms with E-state index in [1.807, 2.05) is 12.1 Å². The fourth-order valence-electron chi connectivity index (χ4n) is 3.22. The second-order valence-corrected chi connectivity index (χ2v) is 6.10. The van der Waals surface area contributed by atoms with E-state index < -0.39 is 6.10 Å². The van der Waals surface area contributed by atoms with Crippen LogP contribution in [0.2, 0.25) is 0 Å². The van der Waals surface area contributed by atoms with Crippen LogP contribution in [0.5, 0.6) is 0 Å². The van der Waals surface area contributed by atoms with Gasteiger partial charge in [0.05, 0.1) is 17.7 Å². The number of nitrogens with zero attached hydrogens (tertiary/aromatic N) is 2. The molecule has 20 heavy (non-hydrogen) atoms. The number of hydrogen-bond donors (Lipinski definition) is 1. The minimum atomic E-state index is -0.513. The third-order valence-electron chi connectivity index (χ3n) is 4.45. The maximum absolute atomic E-state index is 9.96. The second-order valence-electron chi connectivity index (χ2n) is 6.10. The molecule has 1 fully saturated rings. The average molecular weight is 272 g/mol. The van der Waals surface area contributed by atoms with Gasteiger partial charge in [0.2, 0.25) is 0 Å². The third kappa shape index (κ3) is 3.13. The molecule has 0 spiro atoms. The SMILES string of the molecule is CC1CCCC(N(C)c2cc(C#N)ccc2[C@H](C)O)C1. The number of anilines is 1. The summed E-state index contributed by atoms with van der Waals surface area (Å²) in [5.41, 5.74) is 2.56. The Morgan fingerprint density at radius 3 is 2.75 bits per heavy atom. The molecule has 108 valence electrons. The van der Waals surface area contributed by atoms with Crippen molar-refractivity contribution in [1.29, 1.82) is 5.26 Å². The molecule has 3 atom stereocenters. The van der Waals surface area contributed by atoms with Crippen molar-refractivity contribution in [2.75, 3.05) is 11.9 Å². The Bertz CT molecular complexity index is 504. The lowest BCUT2D eigenvalue weighted by molar-refractivity contribution is 0.199. The summed E-state index contributed by atoms with van der Waals surface area (Å²) in [5.74, 6) is 0.755. The molecule has 2 rings (SSSR count). The molecule has 0 aliphatic heterocycles. The summed E-state index contributed by atoms with van der Waals surface area (Å²) >= 11 is 0. The van der Waals surface area contributed by atoms with Crippen LogP contribution in [-0.4, -0.2) is 18.2 Å². The van der Waals surface area contributed by atoms with Gasteiger partial charge in [0.25, 0.3) is 0 Å².